The molecule has 0 saturated heterocycles. The van der Waals surface area contributed by atoms with Crippen LogP contribution in [0.1, 0.15) is 55.1 Å². The predicted molar refractivity (Wildman–Crippen MR) is 131 cm³/mol. The molecule has 4 rings (SSSR count). The van der Waals surface area contributed by atoms with Crippen molar-refractivity contribution in [3.63, 3.8) is 0 Å². The summed E-state index contributed by atoms with van der Waals surface area (Å²) in [4.78, 5) is 30.7. The highest BCUT2D eigenvalue weighted by Crippen LogP contribution is 2.32. The third-order valence-corrected chi connectivity index (χ3v) is 5.26. The SMILES string of the molecule is CC.CCn1cnc2c(F)c(Nc3ccc(C)cc3C)c(C(=O)NOCC3CC3)cc21.O=CO. The lowest BCUT2D eigenvalue weighted by Crippen LogP contribution is -2.26. The van der Waals surface area contributed by atoms with Crippen molar-refractivity contribution in [3.8, 4) is 0 Å². The molecule has 3 aromatic rings. The average molecular weight is 473 g/mol. The van der Waals surface area contributed by atoms with Crippen LogP contribution in [0.3, 0.4) is 0 Å². The Morgan fingerprint density at radius 1 is 1.29 bits per heavy atom. The van der Waals surface area contributed by atoms with Crippen molar-refractivity contribution in [1.29, 1.82) is 0 Å². The van der Waals surface area contributed by atoms with E-state index in [0.717, 1.165) is 29.7 Å². The van der Waals surface area contributed by atoms with Crippen molar-refractivity contribution >= 4 is 34.8 Å². The lowest BCUT2D eigenvalue weighted by atomic mass is 10.1. The molecule has 9 heteroatoms. The van der Waals surface area contributed by atoms with Crippen molar-refractivity contribution in [2.24, 2.45) is 5.92 Å². The molecule has 0 bridgehead atoms. The standard InChI is InChI=1S/C22H25FN4O2.C2H6.CH2O2/c1-4-27-12-24-21-18(27)10-16(22(28)26-29-11-15-6-7-15)20(19(21)23)25-17-8-5-13(2)9-14(17)3;1-2;2-1-3/h5,8-10,12,15,25H,4,6-7,11H2,1-3H3,(H,26,28);1-2H3;1H,(H,2,3). The second kappa shape index (κ2) is 12.7. The molecule has 1 fully saturated rings. The number of benzene rings is 2. The topological polar surface area (TPSA) is 105 Å². The number of amides is 1. The number of nitrogens with zero attached hydrogens (tertiary/aromatic N) is 2. The Morgan fingerprint density at radius 3 is 2.56 bits per heavy atom. The maximum Gasteiger partial charge on any atom is 0.290 e. The van der Waals surface area contributed by atoms with Crippen molar-refractivity contribution in [2.45, 2.75) is 54.0 Å². The number of rotatable bonds is 7. The molecule has 34 heavy (non-hydrogen) atoms. The molecule has 1 amide bonds. The van der Waals surface area contributed by atoms with Crippen LogP contribution in [0.4, 0.5) is 15.8 Å². The Bertz CT molecular complexity index is 1130. The first-order valence-electron chi connectivity index (χ1n) is 11.4. The molecule has 0 unspecified atom stereocenters. The average Bonchev–Trinajstić information content (AvgIpc) is 3.55. The number of aromatic nitrogens is 2. The monoisotopic (exact) mass is 472 g/mol. The number of carboxylic acid groups (broad SMARTS) is 1. The molecule has 1 saturated carbocycles. The van der Waals surface area contributed by atoms with Crippen molar-refractivity contribution < 1.29 is 23.9 Å². The van der Waals surface area contributed by atoms with Crippen molar-refractivity contribution in [2.75, 3.05) is 11.9 Å². The molecule has 3 N–H and O–H groups in total. The molecule has 2 aromatic carbocycles. The molecule has 0 spiro atoms. The van der Waals surface area contributed by atoms with E-state index in [0.29, 0.717) is 24.6 Å². The zero-order chi connectivity index (χ0) is 25.3. The van der Waals surface area contributed by atoms with E-state index in [1.54, 1.807) is 17.0 Å². The van der Waals surface area contributed by atoms with E-state index < -0.39 is 11.7 Å². The van der Waals surface area contributed by atoms with Gasteiger partial charge in [0.05, 0.1) is 29.7 Å². The number of hydrogen-bond donors (Lipinski definition) is 3. The van der Waals surface area contributed by atoms with E-state index in [1.807, 2.05) is 52.8 Å². The van der Waals surface area contributed by atoms with Crippen LogP contribution in [0.5, 0.6) is 0 Å². The second-order valence-corrected chi connectivity index (χ2v) is 7.75. The fourth-order valence-electron chi connectivity index (χ4n) is 3.36. The van der Waals surface area contributed by atoms with Gasteiger partial charge in [-0.15, -0.1) is 0 Å². The van der Waals surface area contributed by atoms with E-state index in [1.165, 1.54) is 0 Å². The minimum absolute atomic E-state index is 0.0957. The molecular weight excluding hydrogens is 439 g/mol. The number of anilines is 2. The summed E-state index contributed by atoms with van der Waals surface area (Å²) in [7, 11) is 0. The van der Waals surface area contributed by atoms with Crippen LogP contribution in [-0.4, -0.2) is 33.6 Å². The van der Waals surface area contributed by atoms with Gasteiger partial charge in [-0.1, -0.05) is 31.5 Å². The molecular formula is C25H33FN4O4. The number of halogens is 1. The quantitative estimate of drug-likeness (QED) is 0.316. The number of carbonyl (C=O) groups excluding carboxylic acids is 1. The van der Waals surface area contributed by atoms with Crippen LogP contribution in [0, 0.1) is 25.6 Å². The summed E-state index contributed by atoms with van der Waals surface area (Å²) in [6.45, 7) is 10.7. The lowest BCUT2D eigenvalue weighted by molar-refractivity contribution is -0.122. The number of nitrogens with one attached hydrogen (secondary N) is 2. The van der Waals surface area contributed by atoms with E-state index in [4.69, 9.17) is 14.7 Å². The van der Waals surface area contributed by atoms with Gasteiger partial charge in [0, 0.05) is 12.2 Å². The van der Waals surface area contributed by atoms with Gasteiger partial charge in [0.15, 0.2) is 5.82 Å². The molecule has 1 aliphatic carbocycles. The highest BCUT2D eigenvalue weighted by atomic mass is 19.1. The maximum absolute atomic E-state index is 15.4. The van der Waals surface area contributed by atoms with Crippen molar-refractivity contribution in [1.82, 2.24) is 15.0 Å². The largest absolute Gasteiger partial charge is 0.483 e. The third-order valence-electron chi connectivity index (χ3n) is 5.26. The summed E-state index contributed by atoms with van der Waals surface area (Å²) >= 11 is 0. The highest BCUT2D eigenvalue weighted by molar-refractivity contribution is 6.04. The Labute approximate surface area is 199 Å². The van der Waals surface area contributed by atoms with Crippen LogP contribution < -0.4 is 10.8 Å². The van der Waals surface area contributed by atoms with E-state index in [-0.39, 0.29) is 23.2 Å². The first-order valence-corrected chi connectivity index (χ1v) is 11.4. The van der Waals surface area contributed by atoms with Gasteiger partial charge in [0.25, 0.3) is 12.4 Å². The van der Waals surface area contributed by atoms with Crippen LogP contribution >= 0.6 is 0 Å². The normalized spacial score (nSPS) is 12.2. The van der Waals surface area contributed by atoms with Crippen LogP contribution in [0.25, 0.3) is 11.0 Å². The van der Waals surface area contributed by atoms with E-state index in [2.05, 4.69) is 15.8 Å². The van der Waals surface area contributed by atoms with Crippen molar-refractivity contribution in [3.05, 3.63) is 53.1 Å². The smallest absolute Gasteiger partial charge is 0.290 e. The number of imidazole rings is 1. The van der Waals surface area contributed by atoms with Crippen LogP contribution in [-0.2, 0) is 16.2 Å². The van der Waals surface area contributed by atoms with E-state index >= 15 is 4.39 Å². The zero-order valence-electron chi connectivity index (χ0n) is 20.3. The molecule has 0 radical (unpaired) electrons. The molecule has 1 aliphatic rings. The molecule has 1 aromatic heterocycles. The Balaban J connectivity index is 0.000000758. The summed E-state index contributed by atoms with van der Waals surface area (Å²) < 4.78 is 17.2. The van der Waals surface area contributed by atoms with Gasteiger partial charge in [-0.05, 0) is 57.2 Å². The molecule has 1 heterocycles. The third kappa shape index (κ3) is 6.54. The molecule has 0 atom stereocenters. The number of hydrogen-bond acceptors (Lipinski definition) is 5. The molecule has 0 aliphatic heterocycles. The van der Waals surface area contributed by atoms with Gasteiger partial charge in [-0.3, -0.25) is 14.4 Å². The second-order valence-electron chi connectivity index (χ2n) is 7.75. The van der Waals surface area contributed by atoms with Gasteiger partial charge >= 0.3 is 0 Å². The lowest BCUT2D eigenvalue weighted by Gasteiger charge is -2.16. The maximum atomic E-state index is 15.4. The summed E-state index contributed by atoms with van der Waals surface area (Å²) in [6, 6.07) is 7.49. The number of aryl methyl sites for hydroxylation is 3. The van der Waals surface area contributed by atoms with Crippen LogP contribution in [0.15, 0.2) is 30.6 Å². The fraction of sp³-hybridized carbons (Fsp3) is 0.400. The Kier molecular flexibility index (Phi) is 10.0. The first-order chi connectivity index (χ1) is 16.4. The molecule has 184 valence electrons. The first kappa shape index (κ1) is 26.8. The fourth-order valence-corrected chi connectivity index (χ4v) is 3.36. The number of carbonyl (C=O) groups is 2. The predicted octanol–water partition coefficient (Wildman–Crippen LogP) is 5.35. The summed E-state index contributed by atoms with van der Waals surface area (Å²) in [5.41, 5.74) is 6.35. The van der Waals surface area contributed by atoms with Gasteiger partial charge in [-0.2, -0.15) is 0 Å². The summed E-state index contributed by atoms with van der Waals surface area (Å²) in [6.07, 6.45) is 3.82. The van der Waals surface area contributed by atoms with Gasteiger partial charge in [0.2, 0.25) is 0 Å². The van der Waals surface area contributed by atoms with Crippen LogP contribution in [0.2, 0.25) is 0 Å². The minimum Gasteiger partial charge on any atom is -0.483 e. The van der Waals surface area contributed by atoms with Gasteiger partial charge in [-0.25, -0.2) is 14.9 Å². The minimum atomic E-state index is -0.554. The van der Waals surface area contributed by atoms with E-state index in [9.17, 15) is 4.79 Å². The number of fused-ring (bicyclic) bond motifs is 1. The van der Waals surface area contributed by atoms with Gasteiger partial charge in [0.1, 0.15) is 5.52 Å². The Hall–Kier alpha value is -3.46. The summed E-state index contributed by atoms with van der Waals surface area (Å²) in [5.74, 6) is -0.534. The Morgan fingerprint density at radius 2 is 1.97 bits per heavy atom. The highest BCUT2D eigenvalue weighted by Gasteiger charge is 2.24. The summed E-state index contributed by atoms with van der Waals surface area (Å²) in [5, 5.41) is 10.00. The molecule has 8 nitrogen and oxygen atoms in total. The zero-order valence-corrected chi connectivity index (χ0v) is 20.3. The number of hydroxylamine groups is 1. The van der Waals surface area contributed by atoms with Gasteiger partial charge < -0.3 is 15.0 Å².